The molecule has 2 heterocycles. The molecule has 0 atom stereocenters. The van der Waals surface area contributed by atoms with Crippen LogP contribution in [-0.4, -0.2) is 9.97 Å². The molecule has 0 aromatic carbocycles. The molecule has 2 nitrogen and oxygen atoms in total. The van der Waals surface area contributed by atoms with Crippen molar-refractivity contribution in [2.24, 2.45) is 0 Å². The fourth-order valence-electron chi connectivity index (χ4n) is 1.26. The van der Waals surface area contributed by atoms with Crippen molar-refractivity contribution in [1.82, 2.24) is 9.97 Å². The zero-order chi connectivity index (χ0) is 10.8. The Morgan fingerprint density at radius 3 is 2.80 bits per heavy atom. The lowest BCUT2D eigenvalue weighted by Crippen LogP contribution is -1.89. The second kappa shape index (κ2) is 3.95. The molecule has 15 heavy (non-hydrogen) atoms. The molecule has 0 saturated heterocycles. The summed E-state index contributed by atoms with van der Waals surface area (Å²) in [6, 6.07) is 3.29. The smallest absolute Gasteiger partial charge is 0.149 e. The predicted molar refractivity (Wildman–Crippen MR) is 57.2 cm³/mol. The molecule has 0 saturated carbocycles. The van der Waals surface area contributed by atoms with E-state index in [1.54, 1.807) is 25.3 Å². The molecule has 0 unspecified atom stereocenters. The first-order chi connectivity index (χ1) is 7.18. The summed E-state index contributed by atoms with van der Waals surface area (Å²) >= 11 is 5.92. The highest BCUT2D eigenvalue weighted by Gasteiger charge is 2.06. The number of rotatable bonds is 1. The maximum Gasteiger partial charge on any atom is 0.149 e. The monoisotopic (exact) mass is 222 g/mol. The average Bonchev–Trinajstić information content (AvgIpc) is 2.23. The summed E-state index contributed by atoms with van der Waals surface area (Å²) in [7, 11) is 0. The van der Waals surface area contributed by atoms with Gasteiger partial charge in [-0.2, -0.15) is 0 Å². The SMILES string of the molecule is Cc1ncc(-c2ccncc2F)cc1Cl. The highest BCUT2D eigenvalue weighted by Crippen LogP contribution is 2.24. The van der Waals surface area contributed by atoms with E-state index in [0.29, 0.717) is 16.1 Å². The van der Waals surface area contributed by atoms with Crippen molar-refractivity contribution < 1.29 is 4.39 Å². The minimum absolute atomic E-state index is 0.376. The van der Waals surface area contributed by atoms with Crippen LogP contribution >= 0.6 is 11.6 Å². The summed E-state index contributed by atoms with van der Waals surface area (Å²) in [4.78, 5) is 7.76. The van der Waals surface area contributed by atoms with Gasteiger partial charge < -0.3 is 0 Å². The normalized spacial score (nSPS) is 10.3. The third kappa shape index (κ3) is 1.97. The van der Waals surface area contributed by atoms with Crippen molar-refractivity contribution in [3.8, 4) is 11.1 Å². The summed E-state index contributed by atoms with van der Waals surface area (Å²) in [6.07, 6.45) is 4.30. The molecule has 0 aliphatic rings. The van der Waals surface area contributed by atoms with Gasteiger partial charge in [0.2, 0.25) is 0 Å². The molecule has 0 N–H and O–H groups in total. The van der Waals surface area contributed by atoms with Crippen molar-refractivity contribution in [3.05, 3.63) is 47.3 Å². The molecule has 0 aliphatic carbocycles. The van der Waals surface area contributed by atoms with Gasteiger partial charge in [-0.1, -0.05) is 11.6 Å². The van der Waals surface area contributed by atoms with Crippen LogP contribution in [0.1, 0.15) is 5.69 Å². The molecule has 2 rings (SSSR count). The van der Waals surface area contributed by atoms with E-state index < -0.39 is 0 Å². The van der Waals surface area contributed by atoms with Gasteiger partial charge in [0.25, 0.3) is 0 Å². The Bertz CT molecular complexity index is 500. The lowest BCUT2D eigenvalue weighted by molar-refractivity contribution is 0.625. The average molecular weight is 223 g/mol. The van der Waals surface area contributed by atoms with E-state index in [4.69, 9.17) is 11.6 Å². The molecule has 0 bridgehead atoms. The van der Waals surface area contributed by atoms with Crippen molar-refractivity contribution >= 4 is 11.6 Å². The van der Waals surface area contributed by atoms with Crippen LogP contribution in [-0.2, 0) is 0 Å². The molecular formula is C11H8ClFN2. The van der Waals surface area contributed by atoms with E-state index in [0.717, 1.165) is 5.69 Å². The number of aromatic nitrogens is 2. The lowest BCUT2D eigenvalue weighted by atomic mass is 10.1. The Kier molecular flexibility index (Phi) is 2.64. The number of aryl methyl sites for hydroxylation is 1. The molecule has 76 valence electrons. The van der Waals surface area contributed by atoms with Gasteiger partial charge in [0, 0.05) is 23.5 Å². The van der Waals surface area contributed by atoms with E-state index in [-0.39, 0.29) is 5.82 Å². The predicted octanol–water partition coefficient (Wildman–Crippen LogP) is 3.24. The summed E-state index contributed by atoms with van der Waals surface area (Å²) in [5, 5.41) is 0.531. The van der Waals surface area contributed by atoms with Crippen LogP contribution in [0, 0.1) is 12.7 Å². The highest BCUT2D eigenvalue weighted by molar-refractivity contribution is 6.31. The molecular weight excluding hydrogens is 215 g/mol. The van der Waals surface area contributed by atoms with E-state index in [9.17, 15) is 4.39 Å². The van der Waals surface area contributed by atoms with Crippen LogP contribution in [0.4, 0.5) is 4.39 Å². The number of nitrogens with zero attached hydrogens (tertiary/aromatic N) is 2. The van der Waals surface area contributed by atoms with Crippen molar-refractivity contribution in [1.29, 1.82) is 0 Å². The number of halogens is 2. The molecule has 0 radical (unpaired) electrons. The third-order valence-electron chi connectivity index (χ3n) is 2.11. The summed E-state index contributed by atoms with van der Waals surface area (Å²) in [6.45, 7) is 1.80. The van der Waals surface area contributed by atoms with E-state index in [2.05, 4.69) is 9.97 Å². The van der Waals surface area contributed by atoms with Gasteiger partial charge >= 0.3 is 0 Å². The molecule has 0 fully saturated rings. The van der Waals surface area contributed by atoms with Crippen LogP contribution in [0.2, 0.25) is 5.02 Å². The Hall–Kier alpha value is -1.48. The molecule has 4 heteroatoms. The van der Waals surface area contributed by atoms with Crippen LogP contribution in [0.5, 0.6) is 0 Å². The Morgan fingerprint density at radius 1 is 1.33 bits per heavy atom. The maximum absolute atomic E-state index is 13.4. The van der Waals surface area contributed by atoms with Crippen molar-refractivity contribution in [3.63, 3.8) is 0 Å². The second-order valence-electron chi connectivity index (χ2n) is 3.15. The maximum atomic E-state index is 13.4. The standard InChI is InChI=1S/C11H8ClFN2/c1-7-10(12)4-8(5-15-7)9-2-3-14-6-11(9)13/h2-6H,1H3. The first kappa shape index (κ1) is 10.1. The van der Waals surface area contributed by atoms with Crippen LogP contribution in [0.15, 0.2) is 30.7 Å². The van der Waals surface area contributed by atoms with Gasteiger partial charge in [-0.25, -0.2) is 4.39 Å². The molecule has 0 spiro atoms. The minimum atomic E-state index is -0.376. The quantitative estimate of drug-likeness (QED) is 0.740. The molecule has 0 aliphatic heterocycles. The van der Waals surface area contributed by atoms with Crippen molar-refractivity contribution in [2.45, 2.75) is 6.92 Å². The second-order valence-corrected chi connectivity index (χ2v) is 3.55. The largest absolute Gasteiger partial charge is 0.262 e. The van der Waals surface area contributed by atoms with Crippen molar-refractivity contribution in [2.75, 3.05) is 0 Å². The zero-order valence-corrected chi connectivity index (χ0v) is 8.79. The Balaban J connectivity index is 2.55. The Morgan fingerprint density at radius 2 is 2.13 bits per heavy atom. The van der Waals surface area contributed by atoms with E-state index in [1.807, 2.05) is 0 Å². The highest BCUT2D eigenvalue weighted by atomic mass is 35.5. The van der Waals surface area contributed by atoms with E-state index >= 15 is 0 Å². The summed E-state index contributed by atoms with van der Waals surface area (Å²) in [5.41, 5.74) is 1.85. The first-order valence-electron chi connectivity index (χ1n) is 4.40. The molecule has 2 aromatic rings. The van der Waals surface area contributed by atoms with Crippen LogP contribution in [0.25, 0.3) is 11.1 Å². The summed E-state index contributed by atoms with van der Waals surface area (Å²) in [5.74, 6) is -0.376. The topological polar surface area (TPSA) is 25.8 Å². The van der Waals surface area contributed by atoms with Gasteiger partial charge in [-0.05, 0) is 19.1 Å². The Labute approximate surface area is 91.8 Å². The number of pyridine rings is 2. The number of hydrogen-bond donors (Lipinski definition) is 0. The third-order valence-corrected chi connectivity index (χ3v) is 2.49. The zero-order valence-electron chi connectivity index (χ0n) is 8.04. The molecule has 0 amide bonds. The van der Waals surface area contributed by atoms with Crippen LogP contribution < -0.4 is 0 Å². The number of hydrogen-bond acceptors (Lipinski definition) is 2. The fraction of sp³-hybridized carbons (Fsp3) is 0.0909. The first-order valence-corrected chi connectivity index (χ1v) is 4.78. The molecule has 2 aromatic heterocycles. The summed E-state index contributed by atoms with van der Waals surface area (Å²) < 4.78 is 13.4. The van der Waals surface area contributed by atoms with Gasteiger partial charge in [-0.15, -0.1) is 0 Å². The lowest BCUT2D eigenvalue weighted by Gasteiger charge is -2.04. The van der Waals surface area contributed by atoms with Gasteiger partial charge in [0.05, 0.1) is 16.9 Å². The van der Waals surface area contributed by atoms with E-state index in [1.165, 1.54) is 12.4 Å². The van der Waals surface area contributed by atoms with Crippen LogP contribution in [0.3, 0.4) is 0 Å². The van der Waals surface area contributed by atoms with Gasteiger partial charge in [-0.3, -0.25) is 9.97 Å². The van der Waals surface area contributed by atoms with Gasteiger partial charge in [0.1, 0.15) is 5.82 Å². The minimum Gasteiger partial charge on any atom is -0.262 e. The van der Waals surface area contributed by atoms with Gasteiger partial charge in [0.15, 0.2) is 0 Å². The fourth-order valence-corrected chi connectivity index (χ4v) is 1.43.